The number of hydrogen-bond acceptors (Lipinski definition) is 3. The van der Waals surface area contributed by atoms with Crippen molar-refractivity contribution in [2.24, 2.45) is 5.73 Å². The van der Waals surface area contributed by atoms with Gasteiger partial charge in [0.1, 0.15) is 5.75 Å². The number of nitrogens with zero attached hydrogens (tertiary/aromatic N) is 1. The molecule has 0 amide bonds. The predicted molar refractivity (Wildman–Crippen MR) is 58.1 cm³/mol. The number of nitrogens with two attached hydrogens (primary N) is 1. The van der Waals surface area contributed by atoms with E-state index in [1.165, 1.54) is 0 Å². The molecular formula is C11H18N2O. The standard InChI is InChI=1S/C11H18N2O/c1-9(7-12)13(2)8-10-4-3-5-11(14)6-10/h3-6,9,14H,7-8,12H2,1-2H3. The summed E-state index contributed by atoms with van der Waals surface area (Å²) in [5, 5.41) is 9.28. The van der Waals surface area contributed by atoms with Crippen molar-refractivity contribution in [2.45, 2.75) is 19.5 Å². The zero-order valence-corrected chi connectivity index (χ0v) is 8.77. The summed E-state index contributed by atoms with van der Waals surface area (Å²) in [7, 11) is 2.03. The van der Waals surface area contributed by atoms with Crippen LogP contribution >= 0.6 is 0 Å². The van der Waals surface area contributed by atoms with Gasteiger partial charge in [0.25, 0.3) is 0 Å². The van der Waals surface area contributed by atoms with Gasteiger partial charge in [-0.2, -0.15) is 0 Å². The van der Waals surface area contributed by atoms with Crippen LogP contribution in [0, 0.1) is 0 Å². The van der Waals surface area contributed by atoms with E-state index in [2.05, 4.69) is 11.8 Å². The molecule has 1 unspecified atom stereocenters. The quantitative estimate of drug-likeness (QED) is 0.756. The molecular weight excluding hydrogens is 176 g/mol. The first-order chi connectivity index (χ1) is 6.63. The van der Waals surface area contributed by atoms with Crippen molar-refractivity contribution < 1.29 is 5.11 Å². The highest BCUT2D eigenvalue weighted by Gasteiger charge is 2.07. The third kappa shape index (κ3) is 3.01. The van der Waals surface area contributed by atoms with Crippen molar-refractivity contribution in [3.05, 3.63) is 29.8 Å². The minimum absolute atomic E-state index is 0.316. The Balaban J connectivity index is 2.60. The van der Waals surface area contributed by atoms with Gasteiger partial charge in [0.15, 0.2) is 0 Å². The van der Waals surface area contributed by atoms with E-state index in [-0.39, 0.29) is 0 Å². The lowest BCUT2D eigenvalue weighted by Gasteiger charge is -2.23. The van der Waals surface area contributed by atoms with Gasteiger partial charge in [0.2, 0.25) is 0 Å². The second kappa shape index (κ2) is 4.98. The van der Waals surface area contributed by atoms with E-state index in [0.29, 0.717) is 18.3 Å². The average molecular weight is 194 g/mol. The molecule has 0 fully saturated rings. The van der Waals surface area contributed by atoms with Crippen LogP contribution < -0.4 is 5.73 Å². The summed E-state index contributed by atoms with van der Waals surface area (Å²) < 4.78 is 0. The lowest BCUT2D eigenvalue weighted by atomic mass is 10.2. The molecule has 0 aromatic heterocycles. The number of phenolic OH excluding ortho intramolecular Hbond substituents is 1. The molecule has 14 heavy (non-hydrogen) atoms. The maximum Gasteiger partial charge on any atom is 0.115 e. The second-order valence-electron chi connectivity index (χ2n) is 3.67. The Labute approximate surface area is 85.2 Å². The molecule has 1 rings (SSSR count). The minimum Gasteiger partial charge on any atom is -0.508 e. The Morgan fingerprint density at radius 3 is 2.79 bits per heavy atom. The molecule has 3 nitrogen and oxygen atoms in total. The van der Waals surface area contributed by atoms with Gasteiger partial charge >= 0.3 is 0 Å². The number of aromatic hydroxyl groups is 1. The molecule has 0 aliphatic rings. The number of phenols is 1. The molecule has 0 spiro atoms. The van der Waals surface area contributed by atoms with Gasteiger partial charge in [-0.05, 0) is 31.7 Å². The van der Waals surface area contributed by atoms with Gasteiger partial charge in [-0.1, -0.05) is 12.1 Å². The van der Waals surface area contributed by atoms with E-state index in [4.69, 9.17) is 5.73 Å². The molecule has 0 heterocycles. The number of benzene rings is 1. The molecule has 0 saturated heterocycles. The summed E-state index contributed by atoms with van der Waals surface area (Å²) in [6.45, 7) is 3.55. The van der Waals surface area contributed by atoms with E-state index in [1.807, 2.05) is 19.2 Å². The lowest BCUT2D eigenvalue weighted by Crippen LogP contribution is -2.34. The highest BCUT2D eigenvalue weighted by atomic mass is 16.3. The SMILES string of the molecule is CC(CN)N(C)Cc1cccc(O)c1. The first-order valence-corrected chi connectivity index (χ1v) is 4.81. The molecule has 0 saturated carbocycles. The fourth-order valence-corrected chi connectivity index (χ4v) is 1.28. The largest absolute Gasteiger partial charge is 0.508 e. The zero-order valence-electron chi connectivity index (χ0n) is 8.77. The van der Waals surface area contributed by atoms with Crippen LogP contribution in [0.2, 0.25) is 0 Å². The molecule has 78 valence electrons. The second-order valence-corrected chi connectivity index (χ2v) is 3.67. The fourth-order valence-electron chi connectivity index (χ4n) is 1.28. The van der Waals surface area contributed by atoms with E-state index >= 15 is 0 Å². The van der Waals surface area contributed by atoms with Crippen molar-refractivity contribution in [2.75, 3.05) is 13.6 Å². The highest BCUT2D eigenvalue weighted by Crippen LogP contribution is 2.13. The molecule has 0 radical (unpaired) electrons. The maximum absolute atomic E-state index is 9.28. The number of rotatable bonds is 4. The Kier molecular flexibility index (Phi) is 3.92. The van der Waals surface area contributed by atoms with Crippen molar-refractivity contribution in [3.8, 4) is 5.75 Å². The summed E-state index contributed by atoms with van der Waals surface area (Å²) in [6.07, 6.45) is 0. The summed E-state index contributed by atoms with van der Waals surface area (Å²) in [4.78, 5) is 2.16. The Hall–Kier alpha value is -1.06. The van der Waals surface area contributed by atoms with Crippen LogP contribution in [-0.4, -0.2) is 29.6 Å². The van der Waals surface area contributed by atoms with Crippen LogP contribution in [0.5, 0.6) is 5.75 Å². The maximum atomic E-state index is 9.28. The van der Waals surface area contributed by atoms with Gasteiger partial charge in [-0.15, -0.1) is 0 Å². The van der Waals surface area contributed by atoms with E-state index < -0.39 is 0 Å². The number of hydrogen-bond donors (Lipinski definition) is 2. The zero-order chi connectivity index (χ0) is 10.6. The lowest BCUT2D eigenvalue weighted by molar-refractivity contribution is 0.254. The third-order valence-corrected chi connectivity index (χ3v) is 2.44. The molecule has 0 aliphatic heterocycles. The Morgan fingerprint density at radius 1 is 1.50 bits per heavy atom. The van der Waals surface area contributed by atoms with Crippen LogP contribution in [-0.2, 0) is 6.54 Å². The summed E-state index contributed by atoms with van der Waals surface area (Å²) in [5.41, 5.74) is 6.67. The minimum atomic E-state index is 0.316. The molecule has 1 aromatic rings. The van der Waals surface area contributed by atoms with Crippen molar-refractivity contribution in [3.63, 3.8) is 0 Å². The van der Waals surface area contributed by atoms with Crippen LogP contribution in [0.4, 0.5) is 0 Å². The molecule has 3 N–H and O–H groups in total. The molecule has 0 bridgehead atoms. The highest BCUT2D eigenvalue weighted by molar-refractivity contribution is 5.26. The summed E-state index contributed by atoms with van der Waals surface area (Å²) >= 11 is 0. The van der Waals surface area contributed by atoms with Gasteiger partial charge in [0, 0.05) is 19.1 Å². The number of likely N-dealkylation sites (N-methyl/N-ethyl adjacent to an activating group) is 1. The van der Waals surface area contributed by atoms with Crippen LogP contribution in [0.25, 0.3) is 0 Å². The molecule has 1 aromatic carbocycles. The Bertz CT molecular complexity index is 288. The monoisotopic (exact) mass is 194 g/mol. The first-order valence-electron chi connectivity index (χ1n) is 4.81. The smallest absolute Gasteiger partial charge is 0.115 e. The normalized spacial score (nSPS) is 13.1. The Morgan fingerprint density at radius 2 is 2.21 bits per heavy atom. The van der Waals surface area contributed by atoms with Gasteiger partial charge < -0.3 is 10.8 Å². The third-order valence-electron chi connectivity index (χ3n) is 2.44. The summed E-state index contributed by atoms with van der Waals surface area (Å²) in [6, 6.07) is 7.66. The molecule has 0 aliphatic carbocycles. The van der Waals surface area contributed by atoms with Crippen molar-refractivity contribution in [1.82, 2.24) is 4.90 Å². The molecule has 1 atom stereocenters. The van der Waals surface area contributed by atoms with E-state index in [1.54, 1.807) is 12.1 Å². The van der Waals surface area contributed by atoms with Crippen molar-refractivity contribution in [1.29, 1.82) is 0 Å². The van der Waals surface area contributed by atoms with E-state index in [9.17, 15) is 5.11 Å². The van der Waals surface area contributed by atoms with Crippen molar-refractivity contribution >= 4 is 0 Å². The fraction of sp³-hybridized carbons (Fsp3) is 0.455. The van der Waals surface area contributed by atoms with Gasteiger partial charge in [0.05, 0.1) is 0 Å². The van der Waals surface area contributed by atoms with Crippen LogP contribution in [0.15, 0.2) is 24.3 Å². The first kappa shape index (κ1) is 11.0. The summed E-state index contributed by atoms with van der Waals surface area (Å²) in [5.74, 6) is 0.316. The van der Waals surface area contributed by atoms with E-state index in [0.717, 1.165) is 12.1 Å². The van der Waals surface area contributed by atoms with Crippen LogP contribution in [0.3, 0.4) is 0 Å². The van der Waals surface area contributed by atoms with Gasteiger partial charge in [-0.25, -0.2) is 0 Å². The molecule has 3 heteroatoms. The average Bonchev–Trinajstić information content (AvgIpc) is 2.16. The topological polar surface area (TPSA) is 49.5 Å². The van der Waals surface area contributed by atoms with Crippen LogP contribution in [0.1, 0.15) is 12.5 Å². The predicted octanol–water partition coefficient (Wildman–Crippen LogP) is 1.17. The van der Waals surface area contributed by atoms with Gasteiger partial charge in [-0.3, -0.25) is 4.90 Å².